The Morgan fingerprint density at radius 2 is 0.515 bits per heavy atom. The normalized spacial score (nSPS) is 12.6. The molecule has 4 aromatic rings. The number of ether oxygens (including phenoxy) is 12. The van der Waals surface area contributed by atoms with Gasteiger partial charge in [-0.15, -0.1) is 0 Å². The molecule has 16 heteroatoms. The molecule has 0 saturated carbocycles. The minimum atomic E-state index is -0.457. The van der Waals surface area contributed by atoms with Gasteiger partial charge in [0.15, 0.2) is 0 Å². The number of carbonyl (C=O) groups excluding carboxylic acids is 2. The number of fused-ring (bicyclic) bond motifs is 6. The molecular formula is C52H68N2O14. The highest BCUT2D eigenvalue weighted by molar-refractivity contribution is 5.80. The Kier molecular flexibility index (Phi) is 24.6. The number of alkyl carbamates (subject to hydrolysis) is 2. The Labute approximate surface area is 400 Å². The first-order valence-electron chi connectivity index (χ1n) is 23.7. The summed E-state index contributed by atoms with van der Waals surface area (Å²) >= 11 is 0. The average molecular weight is 945 g/mol. The molecule has 6 rings (SSSR count). The molecule has 0 fully saturated rings. The lowest BCUT2D eigenvalue weighted by Gasteiger charge is -2.14. The van der Waals surface area contributed by atoms with E-state index < -0.39 is 12.2 Å². The highest BCUT2D eigenvalue weighted by Crippen LogP contribution is 2.45. The molecule has 0 radical (unpaired) electrons. The molecule has 16 nitrogen and oxygen atoms in total. The van der Waals surface area contributed by atoms with Crippen LogP contribution in [-0.4, -0.2) is 171 Å². The molecule has 0 saturated heterocycles. The number of rotatable bonds is 37. The van der Waals surface area contributed by atoms with Crippen LogP contribution in [0.2, 0.25) is 0 Å². The van der Waals surface area contributed by atoms with Gasteiger partial charge in [0.05, 0.1) is 132 Å². The molecule has 0 aliphatic heterocycles. The average Bonchev–Trinajstić information content (AvgIpc) is 3.87. The van der Waals surface area contributed by atoms with E-state index in [2.05, 4.69) is 59.2 Å². The minimum absolute atomic E-state index is 0.0301. The first kappa shape index (κ1) is 52.4. The van der Waals surface area contributed by atoms with Crippen molar-refractivity contribution in [3.8, 4) is 22.3 Å². The maximum Gasteiger partial charge on any atom is 0.407 e. The fourth-order valence-electron chi connectivity index (χ4n) is 7.83. The van der Waals surface area contributed by atoms with Crippen LogP contribution >= 0.6 is 0 Å². The van der Waals surface area contributed by atoms with Crippen molar-refractivity contribution < 1.29 is 66.4 Å². The zero-order valence-corrected chi connectivity index (χ0v) is 39.1. The number of benzene rings is 4. The van der Waals surface area contributed by atoms with Crippen LogP contribution in [0.15, 0.2) is 97.1 Å². The molecule has 0 spiro atoms. The largest absolute Gasteiger partial charge is 0.449 e. The third-order valence-electron chi connectivity index (χ3n) is 11.1. The van der Waals surface area contributed by atoms with E-state index in [1.165, 1.54) is 44.5 Å². The van der Waals surface area contributed by atoms with Gasteiger partial charge in [0.1, 0.15) is 13.2 Å². The Morgan fingerprint density at radius 1 is 0.309 bits per heavy atom. The van der Waals surface area contributed by atoms with Gasteiger partial charge in [-0.2, -0.15) is 0 Å². The smallest absolute Gasteiger partial charge is 0.407 e. The number of carbonyl (C=O) groups is 2. The van der Waals surface area contributed by atoms with Crippen molar-refractivity contribution in [3.05, 3.63) is 119 Å². The summed E-state index contributed by atoms with van der Waals surface area (Å²) in [6.45, 7) is 10.2. The van der Waals surface area contributed by atoms with E-state index in [0.29, 0.717) is 145 Å². The molecule has 2 aliphatic carbocycles. The lowest BCUT2D eigenvalue weighted by Crippen LogP contribution is -2.29. The molecule has 2 N–H and O–H groups in total. The van der Waals surface area contributed by atoms with Gasteiger partial charge >= 0.3 is 12.2 Å². The number of nitrogens with one attached hydrogen (secondary N) is 2. The van der Waals surface area contributed by atoms with Crippen LogP contribution in [0.1, 0.15) is 34.1 Å². The molecule has 2 amide bonds. The molecule has 0 aromatic heterocycles. The molecule has 2 aliphatic rings. The standard InChI is InChI=1S/C52H68N2O14/c55-51(67-39-49-45-13-5-1-9-41(45)42-10-2-6-14-46(42)49)53-17-19-57-21-23-59-25-27-61-29-31-63-33-35-65-37-38-66-36-34-64-32-30-62-28-26-60-24-22-58-20-18-54-52(56)68-40-50-47-15-7-3-11-43(47)44-12-4-8-16-48(44)50/h1-16,49-50H,17-40H2,(H,53,55)(H,54,56). The Balaban J connectivity index is 0.592. The quantitative estimate of drug-likeness (QED) is 0.0488. The second-order valence-corrected chi connectivity index (χ2v) is 15.6. The van der Waals surface area contributed by atoms with Gasteiger partial charge in [-0.05, 0) is 44.5 Å². The molecule has 0 unspecified atom stereocenters. The number of hydrogen-bond donors (Lipinski definition) is 2. The van der Waals surface area contributed by atoms with Crippen molar-refractivity contribution in [2.45, 2.75) is 11.8 Å². The second-order valence-electron chi connectivity index (χ2n) is 15.6. The molecule has 4 aromatic carbocycles. The lowest BCUT2D eigenvalue weighted by molar-refractivity contribution is -0.0263. The van der Waals surface area contributed by atoms with Crippen molar-refractivity contribution in [2.75, 3.05) is 158 Å². The third-order valence-corrected chi connectivity index (χ3v) is 11.1. The van der Waals surface area contributed by atoms with Crippen molar-refractivity contribution >= 4 is 12.2 Å². The van der Waals surface area contributed by atoms with E-state index in [9.17, 15) is 9.59 Å². The molecule has 0 bridgehead atoms. The van der Waals surface area contributed by atoms with Gasteiger partial charge in [-0.25, -0.2) is 9.59 Å². The monoisotopic (exact) mass is 944 g/mol. The summed E-state index contributed by atoms with van der Waals surface area (Å²) in [6.07, 6.45) is -0.914. The van der Waals surface area contributed by atoms with Crippen LogP contribution in [0.4, 0.5) is 9.59 Å². The summed E-state index contributed by atoms with van der Waals surface area (Å²) in [5.41, 5.74) is 9.51. The van der Waals surface area contributed by atoms with Crippen molar-refractivity contribution in [1.82, 2.24) is 10.6 Å². The van der Waals surface area contributed by atoms with E-state index in [0.717, 1.165) is 0 Å². The summed E-state index contributed by atoms with van der Waals surface area (Å²) in [6, 6.07) is 33.0. The first-order chi connectivity index (χ1) is 33.7. The summed E-state index contributed by atoms with van der Waals surface area (Å²) < 4.78 is 66.4. The predicted octanol–water partition coefficient (Wildman–Crippen LogP) is 6.23. The van der Waals surface area contributed by atoms with Crippen molar-refractivity contribution in [2.24, 2.45) is 0 Å². The number of hydrogen-bond acceptors (Lipinski definition) is 14. The molecule has 0 heterocycles. The molecule has 0 atom stereocenters. The zero-order chi connectivity index (χ0) is 47.1. The highest BCUT2D eigenvalue weighted by atomic mass is 16.6. The van der Waals surface area contributed by atoms with Gasteiger partial charge in [0.2, 0.25) is 0 Å². The highest BCUT2D eigenvalue weighted by Gasteiger charge is 2.30. The Morgan fingerprint density at radius 3 is 0.750 bits per heavy atom. The van der Waals surface area contributed by atoms with Crippen LogP contribution in [0.5, 0.6) is 0 Å². The lowest BCUT2D eigenvalue weighted by atomic mass is 9.98. The van der Waals surface area contributed by atoms with Crippen LogP contribution in [0.3, 0.4) is 0 Å². The summed E-state index contributed by atoms with van der Waals surface area (Å²) in [7, 11) is 0. The molecule has 370 valence electrons. The van der Waals surface area contributed by atoms with Gasteiger partial charge in [0.25, 0.3) is 0 Å². The topological polar surface area (TPSA) is 169 Å². The van der Waals surface area contributed by atoms with Crippen molar-refractivity contribution in [3.63, 3.8) is 0 Å². The molecule has 68 heavy (non-hydrogen) atoms. The fourth-order valence-corrected chi connectivity index (χ4v) is 7.83. The fraction of sp³-hybridized carbons (Fsp3) is 0.500. The molecular weight excluding hydrogens is 877 g/mol. The van der Waals surface area contributed by atoms with Gasteiger partial charge in [-0.1, -0.05) is 97.1 Å². The Bertz CT molecular complexity index is 1800. The van der Waals surface area contributed by atoms with Gasteiger partial charge in [-0.3, -0.25) is 0 Å². The minimum Gasteiger partial charge on any atom is -0.449 e. The van der Waals surface area contributed by atoms with Crippen LogP contribution in [-0.2, 0) is 56.8 Å². The van der Waals surface area contributed by atoms with Gasteiger partial charge < -0.3 is 67.5 Å². The van der Waals surface area contributed by atoms with E-state index in [-0.39, 0.29) is 25.0 Å². The summed E-state index contributed by atoms with van der Waals surface area (Å²) in [4.78, 5) is 24.6. The number of amides is 2. The summed E-state index contributed by atoms with van der Waals surface area (Å²) in [5, 5.41) is 5.49. The maximum absolute atomic E-state index is 12.3. The SMILES string of the molecule is O=C(NCCOCCOCCOCCOCCOCCOCCOCCOCCOCCOCCNC(=O)OCC1c2ccccc2-c2ccccc21)OCC1c2ccccc2-c2ccccc21. The van der Waals surface area contributed by atoms with Crippen LogP contribution in [0.25, 0.3) is 22.3 Å². The maximum atomic E-state index is 12.3. The van der Waals surface area contributed by atoms with E-state index in [1.54, 1.807) is 0 Å². The van der Waals surface area contributed by atoms with Gasteiger partial charge in [0, 0.05) is 24.9 Å². The van der Waals surface area contributed by atoms with Crippen molar-refractivity contribution in [1.29, 1.82) is 0 Å². The van der Waals surface area contributed by atoms with E-state index in [4.69, 9.17) is 56.8 Å². The van der Waals surface area contributed by atoms with Crippen LogP contribution < -0.4 is 10.6 Å². The Hall–Kier alpha value is -4.98. The van der Waals surface area contributed by atoms with Crippen LogP contribution in [0, 0.1) is 0 Å². The zero-order valence-electron chi connectivity index (χ0n) is 39.1. The van der Waals surface area contributed by atoms with E-state index >= 15 is 0 Å². The summed E-state index contributed by atoms with van der Waals surface area (Å²) in [5.74, 6) is 0.0602. The van der Waals surface area contributed by atoms with E-state index in [1.807, 2.05) is 48.5 Å². The third kappa shape index (κ3) is 18.2. The predicted molar refractivity (Wildman–Crippen MR) is 254 cm³/mol. The second kappa shape index (κ2) is 31.9. The first-order valence-corrected chi connectivity index (χ1v) is 23.7.